The predicted octanol–water partition coefficient (Wildman–Crippen LogP) is 6.43. The van der Waals surface area contributed by atoms with Crippen LogP contribution in [0.15, 0.2) is 101 Å². The highest BCUT2D eigenvalue weighted by Gasteiger charge is 2.30. The molecule has 1 amide bonds. The third kappa shape index (κ3) is 5.91. The smallest absolute Gasteiger partial charge is 0.416 e. The number of phenolic OH excluding ortho intramolecular Hbond substituents is 1. The van der Waals surface area contributed by atoms with Crippen molar-refractivity contribution < 1.29 is 23.1 Å². The van der Waals surface area contributed by atoms with Crippen LogP contribution in [0, 0.1) is 0 Å². The SMILES string of the molecule is O=C(/C(=C\Cc1ccc(C(F)(F)F)cc1)CC1=CC1)N1CC(c2cccnc2)=C(c2ccc(O)cc2)C=N1. The summed E-state index contributed by atoms with van der Waals surface area (Å²) in [4.78, 5) is 17.9. The van der Waals surface area contributed by atoms with Crippen LogP contribution in [0.4, 0.5) is 13.2 Å². The molecule has 0 radical (unpaired) electrons. The normalized spacial score (nSPS) is 15.5. The zero-order valence-electron chi connectivity index (χ0n) is 20.3. The van der Waals surface area contributed by atoms with Gasteiger partial charge in [0.2, 0.25) is 0 Å². The van der Waals surface area contributed by atoms with E-state index in [1.54, 1.807) is 48.9 Å². The number of aromatic hydroxyl groups is 1. The summed E-state index contributed by atoms with van der Waals surface area (Å²) in [6, 6.07) is 15.5. The number of allylic oxidation sites excluding steroid dienone is 4. The Labute approximate surface area is 218 Å². The number of hydrazone groups is 1. The first-order valence-electron chi connectivity index (χ1n) is 12.1. The van der Waals surface area contributed by atoms with Gasteiger partial charge in [0.15, 0.2) is 0 Å². The maximum Gasteiger partial charge on any atom is 0.416 e. The molecular weight excluding hydrogens is 491 g/mol. The Hall–Kier alpha value is -4.46. The van der Waals surface area contributed by atoms with Crippen LogP contribution in [0.25, 0.3) is 11.1 Å². The van der Waals surface area contributed by atoms with E-state index in [0.717, 1.165) is 46.4 Å². The van der Waals surface area contributed by atoms with Gasteiger partial charge in [-0.05, 0) is 71.9 Å². The molecule has 2 heterocycles. The fourth-order valence-corrected chi connectivity index (χ4v) is 4.22. The summed E-state index contributed by atoms with van der Waals surface area (Å²) in [5, 5.41) is 15.6. The first-order chi connectivity index (χ1) is 18.3. The van der Waals surface area contributed by atoms with Crippen molar-refractivity contribution in [2.24, 2.45) is 5.10 Å². The van der Waals surface area contributed by atoms with Gasteiger partial charge in [0.1, 0.15) is 5.75 Å². The summed E-state index contributed by atoms with van der Waals surface area (Å²) in [6.45, 7) is 0.216. The van der Waals surface area contributed by atoms with Crippen molar-refractivity contribution in [1.29, 1.82) is 0 Å². The Kier molecular flexibility index (Phi) is 6.96. The quantitative estimate of drug-likeness (QED) is 0.291. The van der Waals surface area contributed by atoms with Gasteiger partial charge >= 0.3 is 6.18 Å². The van der Waals surface area contributed by atoms with Gasteiger partial charge in [-0.2, -0.15) is 18.3 Å². The minimum atomic E-state index is -4.39. The van der Waals surface area contributed by atoms with E-state index < -0.39 is 11.7 Å². The molecular formula is C30H24F3N3O2. The lowest BCUT2D eigenvalue weighted by molar-refractivity contribution is -0.137. The summed E-state index contributed by atoms with van der Waals surface area (Å²) >= 11 is 0. The van der Waals surface area contributed by atoms with Crippen molar-refractivity contribution in [3.8, 4) is 5.75 Å². The topological polar surface area (TPSA) is 65.8 Å². The minimum absolute atomic E-state index is 0.152. The van der Waals surface area contributed by atoms with Crippen molar-refractivity contribution in [2.45, 2.75) is 25.4 Å². The molecule has 8 heteroatoms. The number of nitrogens with zero attached hydrogens (tertiary/aromatic N) is 3. The Morgan fingerprint density at radius 1 is 1.03 bits per heavy atom. The molecule has 0 atom stereocenters. The van der Waals surface area contributed by atoms with Gasteiger partial charge in [0.25, 0.3) is 5.91 Å². The largest absolute Gasteiger partial charge is 0.508 e. The molecule has 2 aromatic carbocycles. The third-order valence-corrected chi connectivity index (χ3v) is 6.43. The molecule has 0 saturated heterocycles. The summed E-state index contributed by atoms with van der Waals surface area (Å²) < 4.78 is 38.7. The van der Waals surface area contributed by atoms with Crippen molar-refractivity contribution in [3.05, 3.63) is 119 Å². The van der Waals surface area contributed by atoms with E-state index in [1.165, 1.54) is 17.1 Å². The molecule has 0 fully saturated rings. The van der Waals surface area contributed by atoms with Crippen LogP contribution in [0.3, 0.4) is 0 Å². The fourth-order valence-electron chi connectivity index (χ4n) is 4.22. The van der Waals surface area contributed by atoms with Gasteiger partial charge in [0.05, 0.1) is 18.3 Å². The highest BCUT2D eigenvalue weighted by Crippen LogP contribution is 2.33. The number of alkyl halides is 3. The average molecular weight is 516 g/mol. The zero-order chi connectivity index (χ0) is 26.7. The number of aromatic nitrogens is 1. The number of benzene rings is 2. The second-order valence-corrected chi connectivity index (χ2v) is 9.16. The summed E-state index contributed by atoms with van der Waals surface area (Å²) in [7, 11) is 0. The fraction of sp³-hybridized carbons (Fsp3) is 0.167. The van der Waals surface area contributed by atoms with Gasteiger partial charge in [-0.3, -0.25) is 9.78 Å². The number of hydrogen-bond donors (Lipinski definition) is 1. The number of rotatable bonds is 7. The standard InChI is InChI=1S/C30H24F3N3O2/c31-30(32,33)25-11-6-20(7-12-25)5-8-23(16-21-3-4-21)29(38)36-19-28(24-2-1-15-34-17-24)27(18-35-36)22-9-13-26(37)14-10-22/h1-3,6-15,17-18,37H,4-5,16,19H2/b23-8-. The van der Waals surface area contributed by atoms with E-state index in [0.29, 0.717) is 24.0 Å². The number of halogens is 3. The van der Waals surface area contributed by atoms with Crippen molar-refractivity contribution in [2.75, 3.05) is 6.54 Å². The molecule has 3 aromatic rings. The highest BCUT2D eigenvalue weighted by molar-refractivity contribution is 6.21. The molecule has 1 aliphatic heterocycles. The second-order valence-electron chi connectivity index (χ2n) is 9.16. The second kappa shape index (κ2) is 10.5. The lowest BCUT2D eigenvalue weighted by Gasteiger charge is -2.26. The number of carbonyl (C=O) groups excluding carboxylic acids is 1. The van der Waals surface area contributed by atoms with E-state index in [2.05, 4.69) is 10.1 Å². The number of amides is 1. The Morgan fingerprint density at radius 2 is 1.76 bits per heavy atom. The first-order valence-corrected chi connectivity index (χ1v) is 12.1. The zero-order valence-corrected chi connectivity index (χ0v) is 20.3. The lowest BCUT2D eigenvalue weighted by atomic mass is 9.94. The van der Waals surface area contributed by atoms with Gasteiger partial charge < -0.3 is 5.11 Å². The minimum Gasteiger partial charge on any atom is -0.508 e. The predicted molar refractivity (Wildman–Crippen MR) is 140 cm³/mol. The lowest BCUT2D eigenvalue weighted by Crippen LogP contribution is -2.32. The Morgan fingerprint density at radius 3 is 2.39 bits per heavy atom. The van der Waals surface area contributed by atoms with Crippen LogP contribution in [-0.2, 0) is 17.4 Å². The van der Waals surface area contributed by atoms with Crippen molar-refractivity contribution >= 4 is 23.3 Å². The van der Waals surface area contributed by atoms with Crippen molar-refractivity contribution in [1.82, 2.24) is 9.99 Å². The van der Waals surface area contributed by atoms with E-state index in [4.69, 9.17) is 0 Å². The maximum atomic E-state index is 13.6. The van der Waals surface area contributed by atoms with Crippen LogP contribution in [0.5, 0.6) is 5.75 Å². The average Bonchev–Trinajstić information content (AvgIpc) is 3.75. The molecule has 0 saturated carbocycles. The highest BCUT2D eigenvalue weighted by atomic mass is 19.4. The molecule has 38 heavy (non-hydrogen) atoms. The molecule has 1 aliphatic carbocycles. The molecule has 0 spiro atoms. The molecule has 0 unspecified atom stereocenters. The van der Waals surface area contributed by atoms with Gasteiger partial charge in [-0.1, -0.05) is 48.1 Å². The Bertz CT molecular complexity index is 1450. The van der Waals surface area contributed by atoms with Gasteiger partial charge in [0, 0.05) is 23.5 Å². The number of carbonyl (C=O) groups is 1. The Balaban J connectivity index is 1.41. The number of pyridine rings is 1. The van der Waals surface area contributed by atoms with Crippen molar-refractivity contribution in [3.63, 3.8) is 0 Å². The number of hydrogen-bond acceptors (Lipinski definition) is 4. The molecule has 192 valence electrons. The maximum absolute atomic E-state index is 13.6. The number of phenols is 1. The molecule has 1 aromatic heterocycles. The molecule has 5 nitrogen and oxygen atoms in total. The summed E-state index contributed by atoms with van der Waals surface area (Å²) in [6.07, 6.45) is 6.13. The molecule has 2 aliphatic rings. The van der Waals surface area contributed by atoms with Crippen LogP contribution >= 0.6 is 0 Å². The van der Waals surface area contributed by atoms with Crippen LogP contribution in [-0.4, -0.2) is 33.8 Å². The van der Waals surface area contributed by atoms with Gasteiger partial charge in [-0.25, -0.2) is 5.01 Å². The monoisotopic (exact) mass is 515 g/mol. The van der Waals surface area contributed by atoms with E-state index in [-0.39, 0.29) is 18.2 Å². The first kappa shape index (κ1) is 25.2. The summed E-state index contributed by atoms with van der Waals surface area (Å²) in [5.41, 5.74) is 5.04. The van der Waals surface area contributed by atoms with E-state index in [9.17, 15) is 23.1 Å². The third-order valence-electron chi connectivity index (χ3n) is 6.43. The van der Waals surface area contributed by atoms with Gasteiger partial charge in [-0.15, -0.1) is 0 Å². The molecule has 5 rings (SSSR count). The van der Waals surface area contributed by atoms with E-state index in [1.807, 2.05) is 18.2 Å². The molecule has 1 N–H and O–H groups in total. The van der Waals surface area contributed by atoms with E-state index >= 15 is 0 Å². The molecule has 0 bridgehead atoms. The summed E-state index contributed by atoms with van der Waals surface area (Å²) in [5.74, 6) is -0.105. The van der Waals surface area contributed by atoms with Crippen LogP contribution in [0.1, 0.15) is 35.1 Å². The van der Waals surface area contributed by atoms with Crippen LogP contribution < -0.4 is 0 Å². The van der Waals surface area contributed by atoms with Crippen LogP contribution in [0.2, 0.25) is 0 Å².